The van der Waals surface area contributed by atoms with E-state index in [1.165, 1.54) is 24.4 Å². The molecule has 0 radical (unpaired) electrons. The van der Waals surface area contributed by atoms with Crippen LogP contribution in [0, 0.1) is 16.5 Å². The van der Waals surface area contributed by atoms with E-state index in [2.05, 4.69) is 0 Å². The minimum Gasteiger partial charge on any atom is -0.616 e. The maximum atomic E-state index is 12.9. The fraction of sp³-hybridized carbons (Fsp3) is 0.0769. The smallest absolute Gasteiger partial charge is 0.277 e. The second-order valence-corrected chi connectivity index (χ2v) is 4.87. The van der Waals surface area contributed by atoms with Gasteiger partial charge >= 0.3 is 0 Å². The van der Waals surface area contributed by atoms with Crippen LogP contribution in [-0.2, 0) is 10.3 Å². The van der Waals surface area contributed by atoms with Crippen molar-refractivity contribution < 1.29 is 8.42 Å². The van der Waals surface area contributed by atoms with Crippen molar-refractivity contribution in [2.45, 2.75) is 6.92 Å². The lowest BCUT2D eigenvalue weighted by Gasteiger charge is -2.39. The molecule has 1 unspecified atom stereocenters. The average molecular weight is 274 g/mol. The minimum atomic E-state index is -2.66. The molecule has 1 aromatic carbocycles. The molecule has 0 saturated heterocycles. The normalized spacial score (nSPS) is 21.7. The highest BCUT2D eigenvalue weighted by molar-refractivity contribution is 7.73. The van der Waals surface area contributed by atoms with Gasteiger partial charge in [0.15, 0.2) is 5.69 Å². The van der Waals surface area contributed by atoms with E-state index in [4.69, 9.17) is 5.26 Å². The van der Waals surface area contributed by atoms with Crippen LogP contribution in [0.3, 0.4) is 0 Å². The van der Waals surface area contributed by atoms with Crippen molar-refractivity contribution in [3.05, 3.63) is 59.0 Å². The monoisotopic (exact) mass is 274 g/mol. The van der Waals surface area contributed by atoms with Gasteiger partial charge in [-0.1, -0.05) is 12.1 Å². The first kappa shape index (κ1) is 13.2. The molecule has 1 aliphatic heterocycles. The number of quaternary nitrogens is 1. The summed E-state index contributed by atoms with van der Waals surface area (Å²) in [5.74, 6) is 0. The molecule has 0 spiro atoms. The number of nitrogens with zero attached hydrogens (tertiary/aromatic N) is 2. The van der Waals surface area contributed by atoms with Gasteiger partial charge < -0.3 is 5.21 Å². The van der Waals surface area contributed by atoms with E-state index >= 15 is 0 Å². The zero-order valence-electron chi connectivity index (χ0n) is 10.1. The summed E-state index contributed by atoms with van der Waals surface area (Å²) in [5, 5.41) is 22.0. The Labute approximate surface area is 112 Å². The Hall–Kier alpha value is -2.20. The number of nitriles is 1. The maximum Gasteiger partial charge on any atom is 0.277 e. The predicted octanol–water partition coefficient (Wildman–Crippen LogP) is 1.85. The van der Waals surface area contributed by atoms with Gasteiger partial charge in [0.05, 0.1) is 0 Å². The summed E-state index contributed by atoms with van der Waals surface area (Å²) in [4.78, 5) is -0.301. The summed E-state index contributed by atoms with van der Waals surface area (Å²) < 4.78 is 21.4. The van der Waals surface area contributed by atoms with E-state index in [0.29, 0.717) is 5.57 Å². The van der Waals surface area contributed by atoms with Gasteiger partial charge in [-0.15, -0.1) is 0 Å². The van der Waals surface area contributed by atoms with Crippen LogP contribution in [0.5, 0.6) is 0 Å². The molecule has 0 amide bonds. The number of hydroxylamine groups is 2. The topological polar surface area (TPSA) is 81.0 Å². The first-order chi connectivity index (χ1) is 9.00. The predicted molar refractivity (Wildman–Crippen MR) is 73.1 cm³/mol. The van der Waals surface area contributed by atoms with Crippen molar-refractivity contribution in [1.82, 2.24) is 4.65 Å². The Kier molecular flexibility index (Phi) is 3.36. The lowest BCUT2D eigenvalue weighted by Crippen LogP contribution is -2.46. The average Bonchev–Trinajstić information content (AvgIpc) is 2.38. The quantitative estimate of drug-likeness (QED) is 0.444. The van der Waals surface area contributed by atoms with Crippen molar-refractivity contribution in [2.75, 3.05) is 0 Å². The van der Waals surface area contributed by atoms with Crippen LogP contribution in [0.25, 0.3) is 0 Å². The molecule has 19 heavy (non-hydrogen) atoms. The molecule has 0 saturated carbocycles. The van der Waals surface area contributed by atoms with Crippen LogP contribution in [0.15, 0.2) is 48.2 Å². The summed E-state index contributed by atoms with van der Waals surface area (Å²) in [6.45, 7) is 1.55. The number of benzene rings is 1. The molecule has 0 fully saturated rings. The van der Waals surface area contributed by atoms with Gasteiger partial charge in [0, 0.05) is 11.6 Å². The lowest BCUT2D eigenvalue weighted by molar-refractivity contribution is 0.623. The van der Waals surface area contributed by atoms with Crippen molar-refractivity contribution in [3.63, 3.8) is 0 Å². The van der Waals surface area contributed by atoms with Crippen molar-refractivity contribution in [3.8, 4) is 6.07 Å². The molecule has 0 aliphatic carbocycles. The second kappa shape index (κ2) is 4.82. The van der Waals surface area contributed by atoms with E-state index in [9.17, 15) is 13.6 Å². The Balaban J connectivity index is 2.80. The number of hydrogen-bond acceptors (Lipinski definition) is 4. The summed E-state index contributed by atoms with van der Waals surface area (Å²) in [6, 6.07) is 8.08. The van der Waals surface area contributed by atoms with E-state index < -0.39 is 14.9 Å². The molecular weight excluding hydrogens is 264 g/mol. The number of para-hydroxylation sites is 1. The second-order valence-electron chi connectivity index (χ2n) is 4.02. The molecule has 1 aromatic rings. The Morgan fingerprint density at radius 1 is 1.32 bits per heavy atom. The fourth-order valence-electron chi connectivity index (χ4n) is 2.00. The third-order valence-electron chi connectivity index (χ3n) is 2.82. The fourth-order valence-corrected chi connectivity index (χ4v) is 2.71. The van der Waals surface area contributed by atoms with E-state index in [1.54, 1.807) is 25.1 Å². The van der Waals surface area contributed by atoms with E-state index in [0.717, 1.165) is 0 Å². The van der Waals surface area contributed by atoms with Gasteiger partial charge in [-0.05, 0) is 25.1 Å². The molecular formula is C13H10N2O3S. The Morgan fingerprint density at radius 3 is 2.63 bits per heavy atom. The van der Waals surface area contributed by atoms with Gasteiger partial charge in [0.2, 0.25) is 0 Å². The highest BCUT2D eigenvalue weighted by atomic mass is 32.2. The van der Waals surface area contributed by atoms with E-state index in [1.807, 2.05) is 6.07 Å². The number of rotatable bonds is 1. The highest BCUT2D eigenvalue weighted by Gasteiger charge is 2.33. The first-order valence-corrected chi connectivity index (χ1v) is 6.51. The molecule has 1 atom stereocenters. The minimum absolute atomic E-state index is 0.0906. The zero-order valence-corrected chi connectivity index (χ0v) is 10.9. The summed E-state index contributed by atoms with van der Waals surface area (Å²) in [5.41, 5.74) is 0.603. The Morgan fingerprint density at radius 2 is 2.00 bits per heavy atom. The van der Waals surface area contributed by atoms with Crippen LogP contribution in [0.1, 0.15) is 12.5 Å². The molecule has 0 bridgehead atoms. The number of hydrogen-bond donors (Lipinski definition) is 0. The van der Waals surface area contributed by atoms with Crippen LogP contribution < -0.4 is 4.65 Å². The zero-order chi connectivity index (χ0) is 14.0. The molecule has 5 nitrogen and oxygen atoms in total. The lowest BCUT2D eigenvalue weighted by atomic mass is 10.1. The van der Waals surface area contributed by atoms with Crippen LogP contribution >= 0.6 is 0 Å². The summed E-state index contributed by atoms with van der Waals surface area (Å²) in [7, 11) is -2.66. The summed E-state index contributed by atoms with van der Waals surface area (Å²) >= 11 is 0. The molecule has 2 rings (SSSR count). The van der Waals surface area contributed by atoms with Crippen LogP contribution in [-0.4, -0.2) is 13.4 Å². The summed E-state index contributed by atoms with van der Waals surface area (Å²) in [6.07, 6.45) is 4.25. The van der Waals surface area contributed by atoms with Crippen LogP contribution in [0.4, 0.5) is 5.69 Å². The van der Waals surface area contributed by atoms with Gasteiger partial charge in [0.1, 0.15) is 17.8 Å². The van der Waals surface area contributed by atoms with Gasteiger partial charge in [-0.2, -0.15) is 13.7 Å². The first-order valence-electron chi connectivity index (χ1n) is 5.43. The maximum absolute atomic E-state index is 12.9. The SMILES string of the molecule is CC1=CC=C[N+]([O-])(c2ccccc2C#N)C1=S(=O)=O. The molecule has 1 aliphatic rings. The molecule has 0 N–H and O–H groups in total. The van der Waals surface area contributed by atoms with Crippen molar-refractivity contribution in [1.29, 1.82) is 5.26 Å². The highest BCUT2D eigenvalue weighted by Crippen LogP contribution is 2.31. The molecule has 6 heteroatoms. The van der Waals surface area contributed by atoms with Gasteiger partial charge in [-0.25, -0.2) is 0 Å². The van der Waals surface area contributed by atoms with Gasteiger partial charge in [0.25, 0.3) is 15.3 Å². The van der Waals surface area contributed by atoms with E-state index in [-0.39, 0.29) is 16.2 Å². The number of allylic oxidation sites excluding steroid dienone is 2. The largest absolute Gasteiger partial charge is 0.616 e. The third kappa shape index (κ3) is 2.11. The van der Waals surface area contributed by atoms with Crippen LogP contribution in [0.2, 0.25) is 0 Å². The molecule has 0 aromatic heterocycles. The Bertz CT molecular complexity index is 761. The standard InChI is InChI=1S/C13H10N2O3S/c1-10-5-4-8-15(16,13(10)19(17)18)12-7-3-2-6-11(12)9-14/h2-8H,1H3. The van der Waals surface area contributed by atoms with Gasteiger partial charge in [-0.3, -0.25) is 4.65 Å². The third-order valence-corrected chi connectivity index (χ3v) is 3.73. The van der Waals surface area contributed by atoms with Crippen molar-refractivity contribution >= 4 is 21.0 Å². The molecule has 96 valence electrons. The van der Waals surface area contributed by atoms with Crippen molar-refractivity contribution in [2.24, 2.45) is 0 Å². The molecule has 1 heterocycles.